The van der Waals surface area contributed by atoms with Crippen LogP contribution in [0, 0.1) is 0 Å². The van der Waals surface area contributed by atoms with Crippen LogP contribution in [0.2, 0.25) is 0 Å². The Labute approximate surface area is 128 Å². The van der Waals surface area contributed by atoms with E-state index in [1.165, 1.54) is 21.1 Å². The van der Waals surface area contributed by atoms with Gasteiger partial charge in [-0.1, -0.05) is 0 Å². The van der Waals surface area contributed by atoms with Gasteiger partial charge in [0.25, 0.3) is 0 Å². The molecule has 0 aliphatic carbocycles. The Hall–Kier alpha value is -2.57. The fraction of sp³-hybridized carbons (Fsp3) is 0.400. The van der Waals surface area contributed by atoms with Crippen molar-refractivity contribution in [3.63, 3.8) is 0 Å². The lowest BCUT2D eigenvalue weighted by molar-refractivity contribution is -0.144. The first-order valence-electron chi connectivity index (χ1n) is 6.85. The molecule has 0 saturated carbocycles. The zero-order valence-corrected chi connectivity index (χ0v) is 12.7. The smallest absolute Gasteiger partial charge is 0.247 e. The van der Waals surface area contributed by atoms with Crippen LogP contribution in [-0.4, -0.2) is 42.9 Å². The van der Waals surface area contributed by atoms with Gasteiger partial charge in [0.1, 0.15) is 17.5 Å². The van der Waals surface area contributed by atoms with Crippen LogP contribution in [0.3, 0.4) is 0 Å². The van der Waals surface area contributed by atoms with E-state index in [-0.39, 0.29) is 24.7 Å². The summed E-state index contributed by atoms with van der Waals surface area (Å²) in [4.78, 5) is 36.6. The average Bonchev–Trinajstić information content (AvgIpc) is 2.85. The number of ether oxygens (including phenoxy) is 2. The first-order chi connectivity index (χ1) is 10.5. The topological polar surface area (TPSA) is 84.9 Å². The monoisotopic (exact) mass is 306 g/mol. The highest BCUT2D eigenvalue weighted by molar-refractivity contribution is 6.07. The highest BCUT2D eigenvalue weighted by Gasteiger charge is 2.36. The second-order valence-electron chi connectivity index (χ2n) is 4.89. The van der Waals surface area contributed by atoms with E-state index in [1.54, 1.807) is 18.2 Å². The van der Waals surface area contributed by atoms with Gasteiger partial charge in [0, 0.05) is 18.9 Å². The number of anilines is 1. The summed E-state index contributed by atoms with van der Waals surface area (Å²) >= 11 is 0. The molecule has 0 radical (unpaired) electrons. The Morgan fingerprint density at radius 2 is 1.82 bits per heavy atom. The first kappa shape index (κ1) is 15.8. The summed E-state index contributed by atoms with van der Waals surface area (Å²) < 4.78 is 10.3. The maximum atomic E-state index is 12.3. The molecule has 7 heteroatoms. The Morgan fingerprint density at radius 1 is 1.18 bits per heavy atom. The minimum atomic E-state index is -0.866. The largest absolute Gasteiger partial charge is 0.497 e. The average molecular weight is 306 g/mol. The van der Waals surface area contributed by atoms with E-state index in [1.807, 2.05) is 0 Å². The van der Waals surface area contributed by atoms with E-state index in [0.29, 0.717) is 17.2 Å². The fourth-order valence-electron chi connectivity index (χ4n) is 2.28. The van der Waals surface area contributed by atoms with Gasteiger partial charge >= 0.3 is 0 Å². The number of hydrogen-bond acceptors (Lipinski definition) is 5. The Balaban J connectivity index is 2.14. The highest BCUT2D eigenvalue weighted by Crippen LogP contribution is 2.29. The number of imide groups is 1. The molecular weight excluding hydrogens is 288 g/mol. The van der Waals surface area contributed by atoms with Gasteiger partial charge in [-0.2, -0.15) is 0 Å². The van der Waals surface area contributed by atoms with Crippen molar-refractivity contribution in [1.29, 1.82) is 0 Å². The second-order valence-corrected chi connectivity index (χ2v) is 4.89. The third kappa shape index (κ3) is 3.03. The summed E-state index contributed by atoms with van der Waals surface area (Å²) in [5.74, 6) is -0.0810. The van der Waals surface area contributed by atoms with Crippen molar-refractivity contribution in [3.8, 4) is 11.5 Å². The predicted molar refractivity (Wildman–Crippen MR) is 78.7 cm³/mol. The van der Waals surface area contributed by atoms with E-state index in [0.717, 1.165) is 4.90 Å². The number of hydrogen-bond donors (Lipinski definition) is 1. The van der Waals surface area contributed by atoms with Crippen LogP contribution in [0.4, 0.5) is 5.69 Å². The molecule has 118 valence electrons. The summed E-state index contributed by atoms with van der Waals surface area (Å²) in [6, 6.07) is 4.08. The molecule has 1 aliphatic heterocycles. The van der Waals surface area contributed by atoms with E-state index in [2.05, 4.69) is 5.32 Å². The lowest BCUT2D eigenvalue weighted by Crippen LogP contribution is -2.45. The van der Waals surface area contributed by atoms with E-state index in [4.69, 9.17) is 9.47 Å². The van der Waals surface area contributed by atoms with Gasteiger partial charge < -0.3 is 14.8 Å². The Morgan fingerprint density at radius 3 is 2.36 bits per heavy atom. The number of amides is 3. The maximum absolute atomic E-state index is 12.3. The van der Waals surface area contributed by atoms with Gasteiger partial charge in [0.15, 0.2) is 0 Å². The number of rotatable bonds is 5. The van der Waals surface area contributed by atoms with Crippen molar-refractivity contribution >= 4 is 23.4 Å². The van der Waals surface area contributed by atoms with Crippen molar-refractivity contribution in [2.24, 2.45) is 0 Å². The molecule has 7 nitrogen and oxygen atoms in total. The normalized spacial score (nSPS) is 15.7. The quantitative estimate of drug-likeness (QED) is 0.826. The second kappa shape index (κ2) is 6.46. The van der Waals surface area contributed by atoms with Crippen molar-refractivity contribution in [1.82, 2.24) is 4.90 Å². The first-order valence-corrected chi connectivity index (χ1v) is 6.85. The van der Waals surface area contributed by atoms with Gasteiger partial charge in [-0.15, -0.1) is 0 Å². The number of benzene rings is 1. The molecule has 1 atom stereocenters. The molecule has 1 aromatic rings. The molecule has 1 fully saturated rings. The summed E-state index contributed by atoms with van der Waals surface area (Å²) in [7, 11) is 3.00. The molecular formula is C15H18N2O5. The molecule has 1 aromatic carbocycles. The van der Waals surface area contributed by atoms with E-state index < -0.39 is 11.9 Å². The van der Waals surface area contributed by atoms with Crippen molar-refractivity contribution < 1.29 is 23.9 Å². The molecule has 3 amide bonds. The molecule has 0 unspecified atom stereocenters. The van der Waals surface area contributed by atoms with Crippen LogP contribution in [0.15, 0.2) is 18.2 Å². The molecule has 1 heterocycles. The molecule has 0 bridgehead atoms. The summed E-state index contributed by atoms with van der Waals surface area (Å²) in [5, 5.41) is 2.66. The Bertz CT molecular complexity index is 598. The zero-order valence-electron chi connectivity index (χ0n) is 12.7. The number of carbonyl (C=O) groups is 3. The number of nitrogens with one attached hydrogen (secondary N) is 1. The number of likely N-dealkylation sites (tertiary alicyclic amines) is 1. The number of methoxy groups -OCH3 is 2. The van der Waals surface area contributed by atoms with Crippen LogP contribution in [0.1, 0.15) is 19.8 Å². The van der Waals surface area contributed by atoms with Gasteiger partial charge in [0.2, 0.25) is 17.7 Å². The molecule has 1 saturated heterocycles. The van der Waals surface area contributed by atoms with Gasteiger partial charge in [-0.3, -0.25) is 19.3 Å². The number of nitrogens with zero attached hydrogens (tertiary/aromatic N) is 1. The zero-order chi connectivity index (χ0) is 16.3. The minimum absolute atomic E-state index is 0.155. The highest BCUT2D eigenvalue weighted by atomic mass is 16.5. The lowest BCUT2D eigenvalue weighted by atomic mass is 10.2. The van der Waals surface area contributed by atoms with Crippen molar-refractivity contribution in [2.75, 3.05) is 19.5 Å². The summed E-state index contributed by atoms with van der Waals surface area (Å²) in [6.07, 6.45) is 0.310. The van der Waals surface area contributed by atoms with Crippen LogP contribution in [0.5, 0.6) is 11.5 Å². The van der Waals surface area contributed by atoms with Crippen LogP contribution >= 0.6 is 0 Å². The SMILES string of the molecule is COc1ccc(NC(=O)[C@H](C)N2C(=O)CCC2=O)c(OC)c1. The standard InChI is InChI=1S/C15H18N2O5/c1-9(17-13(18)6-7-14(17)19)15(20)16-11-5-4-10(21-2)8-12(11)22-3/h4-5,8-9H,6-7H2,1-3H3,(H,16,20)/t9-/m0/s1. The van der Waals surface area contributed by atoms with Gasteiger partial charge in [-0.05, 0) is 19.1 Å². The van der Waals surface area contributed by atoms with Gasteiger partial charge in [0.05, 0.1) is 19.9 Å². The van der Waals surface area contributed by atoms with E-state index >= 15 is 0 Å². The Kier molecular flexibility index (Phi) is 4.65. The fourth-order valence-corrected chi connectivity index (χ4v) is 2.28. The summed E-state index contributed by atoms with van der Waals surface area (Å²) in [5.41, 5.74) is 0.444. The maximum Gasteiger partial charge on any atom is 0.247 e. The third-order valence-electron chi connectivity index (χ3n) is 3.52. The molecule has 0 spiro atoms. The molecule has 0 aromatic heterocycles. The van der Waals surface area contributed by atoms with Crippen LogP contribution < -0.4 is 14.8 Å². The minimum Gasteiger partial charge on any atom is -0.497 e. The predicted octanol–water partition coefficient (Wildman–Crippen LogP) is 1.18. The van der Waals surface area contributed by atoms with Crippen molar-refractivity contribution in [3.05, 3.63) is 18.2 Å². The molecule has 2 rings (SSSR count). The van der Waals surface area contributed by atoms with E-state index in [9.17, 15) is 14.4 Å². The molecule has 1 N–H and O–H groups in total. The third-order valence-corrected chi connectivity index (χ3v) is 3.52. The molecule has 1 aliphatic rings. The van der Waals surface area contributed by atoms with Crippen LogP contribution in [0.25, 0.3) is 0 Å². The van der Waals surface area contributed by atoms with Crippen LogP contribution in [-0.2, 0) is 14.4 Å². The summed E-state index contributed by atoms with van der Waals surface area (Å²) in [6.45, 7) is 1.52. The lowest BCUT2D eigenvalue weighted by Gasteiger charge is -2.22. The van der Waals surface area contributed by atoms with Gasteiger partial charge in [-0.25, -0.2) is 0 Å². The van der Waals surface area contributed by atoms with Crippen molar-refractivity contribution in [2.45, 2.75) is 25.8 Å². The molecule has 22 heavy (non-hydrogen) atoms. The number of carbonyl (C=O) groups excluding carboxylic acids is 3.